The molecule has 120 valence electrons. The number of carboxylic acid groups (broad SMARTS) is 1. The molecule has 8 heteroatoms. The fourth-order valence-corrected chi connectivity index (χ4v) is 3.04. The molecule has 6 nitrogen and oxygen atoms in total. The average Bonchev–Trinajstić information content (AvgIpc) is 3.01. The van der Waals surface area contributed by atoms with E-state index in [0.717, 1.165) is 11.3 Å². The molecule has 23 heavy (non-hydrogen) atoms. The van der Waals surface area contributed by atoms with Gasteiger partial charge in [-0.2, -0.15) is 0 Å². The Hall–Kier alpha value is -2.19. The van der Waals surface area contributed by atoms with Crippen molar-refractivity contribution in [1.29, 1.82) is 0 Å². The lowest BCUT2D eigenvalue weighted by Gasteiger charge is -2.08. The van der Waals surface area contributed by atoms with E-state index in [1.54, 1.807) is 23.6 Å². The summed E-state index contributed by atoms with van der Waals surface area (Å²) >= 11 is 4.32. The highest BCUT2D eigenvalue weighted by molar-refractivity contribution is 9.10. The van der Waals surface area contributed by atoms with Crippen LogP contribution in [0.15, 0.2) is 34.1 Å². The van der Waals surface area contributed by atoms with Crippen LogP contribution in [0.3, 0.4) is 0 Å². The van der Waals surface area contributed by atoms with Crippen molar-refractivity contribution in [2.24, 2.45) is 0 Å². The van der Waals surface area contributed by atoms with Gasteiger partial charge in [0.05, 0.1) is 12.7 Å². The van der Waals surface area contributed by atoms with Crippen molar-refractivity contribution < 1.29 is 24.2 Å². The van der Waals surface area contributed by atoms with Crippen LogP contribution in [-0.2, 0) is 11.3 Å². The molecule has 0 aliphatic carbocycles. The maximum atomic E-state index is 12.2. The highest BCUT2D eigenvalue weighted by Gasteiger charge is 2.16. The number of nitrogens with one attached hydrogen (secondary N) is 1. The van der Waals surface area contributed by atoms with Crippen LogP contribution < -0.4 is 5.32 Å². The van der Waals surface area contributed by atoms with E-state index in [9.17, 15) is 14.4 Å². The minimum absolute atomic E-state index is 0.0909. The quantitative estimate of drug-likeness (QED) is 0.756. The molecule has 1 heterocycles. The number of carboxylic acids is 1. The number of esters is 1. The minimum atomic E-state index is -1.03. The zero-order valence-corrected chi connectivity index (χ0v) is 14.4. The summed E-state index contributed by atoms with van der Waals surface area (Å²) in [7, 11) is 1.26. The summed E-state index contributed by atoms with van der Waals surface area (Å²) in [6.45, 7) is 0.0909. The van der Waals surface area contributed by atoms with Gasteiger partial charge < -0.3 is 15.2 Å². The van der Waals surface area contributed by atoms with Gasteiger partial charge in [0.25, 0.3) is 5.91 Å². The summed E-state index contributed by atoms with van der Waals surface area (Å²) in [6, 6.07) is 6.19. The molecule has 0 unspecified atom stereocenters. The third-order valence-corrected chi connectivity index (χ3v) is 4.65. The molecule has 1 aromatic heterocycles. The molecule has 1 amide bonds. The van der Waals surface area contributed by atoms with E-state index in [-0.39, 0.29) is 22.5 Å². The first-order valence-corrected chi connectivity index (χ1v) is 8.07. The molecule has 0 atom stereocenters. The highest BCUT2D eigenvalue weighted by Crippen LogP contribution is 2.20. The van der Waals surface area contributed by atoms with E-state index in [0.29, 0.717) is 10.0 Å². The summed E-state index contributed by atoms with van der Waals surface area (Å²) < 4.78 is 5.17. The first-order valence-electron chi connectivity index (χ1n) is 6.39. The van der Waals surface area contributed by atoms with Crippen molar-refractivity contribution in [1.82, 2.24) is 5.32 Å². The number of ether oxygens (including phenoxy) is 1. The number of aromatic carboxylic acids is 1. The molecule has 2 aromatic rings. The fraction of sp³-hybridized carbons (Fsp3) is 0.133. The normalized spacial score (nSPS) is 10.2. The average molecular weight is 398 g/mol. The Morgan fingerprint density at radius 1 is 1.30 bits per heavy atom. The Morgan fingerprint density at radius 3 is 2.70 bits per heavy atom. The number of carbonyl (C=O) groups excluding carboxylic acids is 2. The van der Waals surface area contributed by atoms with Crippen molar-refractivity contribution in [2.75, 3.05) is 7.11 Å². The second kappa shape index (κ2) is 7.38. The molecule has 0 bridgehead atoms. The van der Waals surface area contributed by atoms with E-state index in [2.05, 4.69) is 26.0 Å². The summed E-state index contributed by atoms with van der Waals surface area (Å²) in [4.78, 5) is 35.0. The molecule has 0 saturated heterocycles. The maximum Gasteiger partial charge on any atom is 0.346 e. The van der Waals surface area contributed by atoms with E-state index >= 15 is 0 Å². The Labute approximate surface area is 144 Å². The smallest absolute Gasteiger partial charge is 0.346 e. The Kier molecular flexibility index (Phi) is 5.51. The van der Waals surface area contributed by atoms with Crippen LogP contribution in [0.2, 0.25) is 0 Å². The van der Waals surface area contributed by atoms with Crippen molar-refractivity contribution in [2.45, 2.75) is 6.54 Å². The van der Waals surface area contributed by atoms with E-state index in [1.165, 1.54) is 13.2 Å². The Balaban J connectivity index is 2.13. The Morgan fingerprint density at radius 2 is 2.04 bits per heavy atom. The summed E-state index contributed by atoms with van der Waals surface area (Å²) in [5.41, 5.74) is 1.05. The number of halogens is 1. The lowest BCUT2D eigenvalue weighted by atomic mass is 10.1. The first kappa shape index (κ1) is 17.2. The van der Waals surface area contributed by atoms with Gasteiger partial charge in [-0.3, -0.25) is 4.79 Å². The molecule has 0 radical (unpaired) electrons. The summed E-state index contributed by atoms with van der Waals surface area (Å²) in [6.07, 6.45) is 0. The molecular weight excluding hydrogens is 386 g/mol. The number of amides is 1. The first-order chi connectivity index (χ1) is 10.9. The standard InChI is InChI=1S/C15H12BrNO5S/c1-22-15(21)10-6-8(2-3-11(10)16)13(18)17-7-9-4-5-23-12(9)14(19)20/h2-6H,7H2,1H3,(H,17,18)(H,19,20). The second-order valence-corrected chi connectivity index (χ2v) is 6.22. The molecule has 0 spiro atoms. The van der Waals surface area contributed by atoms with E-state index in [4.69, 9.17) is 5.11 Å². The van der Waals surface area contributed by atoms with Gasteiger partial charge in [-0.1, -0.05) is 0 Å². The van der Waals surface area contributed by atoms with Crippen molar-refractivity contribution in [3.63, 3.8) is 0 Å². The molecule has 0 aliphatic rings. The summed E-state index contributed by atoms with van der Waals surface area (Å²) in [5, 5.41) is 13.3. The van der Waals surface area contributed by atoms with Crippen LogP contribution in [0.4, 0.5) is 0 Å². The molecule has 2 N–H and O–H groups in total. The van der Waals surface area contributed by atoms with Crippen LogP contribution in [0.1, 0.15) is 36.0 Å². The van der Waals surface area contributed by atoms with Crippen LogP contribution >= 0.6 is 27.3 Å². The van der Waals surface area contributed by atoms with Gasteiger partial charge in [0.1, 0.15) is 4.88 Å². The topological polar surface area (TPSA) is 92.7 Å². The lowest BCUT2D eigenvalue weighted by molar-refractivity contribution is 0.0598. The van der Waals surface area contributed by atoms with Crippen LogP contribution in [0.5, 0.6) is 0 Å². The minimum Gasteiger partial charge on any atom is -0.477 e. The molecule has 2 rings (SSSR count). The number of benzene rings is 1. The van der Waals surface area contributed by atoms with Crippen molar-refractivity contribution >= 4 is 45.1 Å². The van der Waals surface area contributed by atoms with Gasteiger partial charge in [-0.05, 0) is 51.1 Å². The third kappa shape index (κ3) is 3.96. The molecular formula is C15H12BrNO5S. The van der Waals surface area contributed by atoms with Gasteiger partial charge >= 0.3 is 11.9 Å². The van der Waals surface area contributed by atoms with Gasteiger partial charge in [0.15, 0.2) is 0 Å². The molecule has 0 aliphatic heterocycles. The fourth-order valence-electron chi connectivity index (χ4n) is 1.87. The van der Waals surface area contributed by atoms with Gasteiger partial charge in [0.2, 0.25) is 0 Å². The zero-order valence-electron chi connectivity index (χ0n) is 12.0. The monoisotopic (exact) mass is 397 g/mol. The number of carbonyl (C=O) groups is 3. The number of thiophene rings is 1. The van der Waals surface area contributed by atoms with Gasteiger partial charge in [0, 0.05) is 16.6 Å². The van der Waals surface area contributed by atoms with Gasteiger partial charge in [-0.25, -0.2) is 9.59 Å². The van der Waals surface area contributed by atoms with Crippen LogP contribution in [0, 0.1) is 0 Å². The SMILES string of the molecule is COC(=O)c1cc(C(=O)NCc2ccsc2C(=O)O)ccc1Br. The second-order valence-electron chi connectivity index (χ2n) is 4.45. The maximum absolute atomic E-state index is 12.2. The van der Waals surface area contributed by atoms with E-state index < -0.39 is 17.8 Å². The largest absolute Gasteiger partial charge is 0.477 e. The van der Waals surface area contributed by atoms with Crippen molar-refractivity contribution in [3.05, 3.63) is 55.7 Å². The predicted octanol–water partition coefficient (Wildman–Crippen LogP) is 2.93. The highest BCUT2D eigenvalue weighted by atomic mass is 79.9. The number of hydrogen-bond donors (Lipinski definition) is 2. The molecule has 0 saturated carbocycles. The number of rotatable bonds is 5. The molecule has 0 fully saturated rings. The van der Waals surface area contributed by atoms with Crippen LogP contribution in [0.25, 0.3) is 0 Å². The number of methoxy groups -OCH3 is 1. The predicted molar refractivity (Wildman–Crippen MR) is 87.9 cm³/mol. The lowest BCUT2D eigenvalue weighted by Crippen LogP contribution is -2.23. The number of hydrogen-bond acceptors (Lipinski definition) is 5. The third-order valence-electron chi connectivity index (χ3n) is 3.01. The van der Waals surface area contributed by atoms with Crippen LogP contribution in [-0.4, -0.2) is 30.1 Å². The summed E-state index contributed by atoms with van der Waals surface area (Å²) in [5.74, 6) is -2.00. The molecule has 1 aromatic carbocycles. The zero-order chi connectivity index (χ0) is 17.0. The van der Waals surface area contributed by atoms with Gasteiger partial charge in [-0.15, -0.1) is 11.3 Å². The van der Waals surface area contributed by atoms with Crippen molar-refractivity contribution in [3.8, 4) is 0 Å². The Bertz CT molecular complexity index is 771. The van der Waals surface area contributed by atoms with E-state index in [1.807, 2.05) is 0 Å².